The number of nitrogens with zero attached hydrogens (tertiary/aromatic N) is 2. The van der Waals surface area contributed by atoms with Crippen LogP contribution in [0.5, 0.6) is 0 Å². The third-order valence-electron chi connectivity index (χ3n) is 3.85. The minimum absolute atomic E-state index is 0.270. The third kappa shape index (κ3) is 4.04. The van der Waals surface area contributed by atoms with Crippen molar-refractivity contribution in [3.05, 3.63) is 84.3 Å². The monoisotopic (exact) mass is 360 g/mol. The fraction of sp³-hybridized carbons (Fsp3) is 0.0500. The van der Waals surface area contributed by atoms with Crippen molar-refractivity contribution in [1.82, 2.24) is 10.1 Å². The number of benzene rings is 2. The van der Waals surface area contributed by atoms with Crippen molar-refractivity contribution < 1.29 is 13.7 Å². The van der Waals surface area contributed by atoms with E-state index in [2.05, 4.69) is 20.8 Å². The Kier molecular flexibility index (Phi) is 4.65. The molecular weight excluding hydrogens is 344 g/mol. The van der Waals surface area contributed by atoms with E-state index in [1.165, 1.54) is 6.26 Å². The summed E-state index contributed by atoms with van der Waals surface area (Å²) in [5.74, 6) is 0.872. The fourth-order valence-corrected chi connectivity index (χ4v) is 2.48. The quantitative estimate of drug-likeness (QED) is 0.535. The largest absolute Gasteiger partial charge is 0.459 e. The summed E-state index contributed by atoms with van der Waals surface area (Å²) < 4.78 is 10.3. The smallest absolute Gasteiger partial charge is 0.291 e. The summed E-state index contributed by atoms with van der Waals surface area (Å²) in [6.07, 6.45) is 1.46. The highest BCUT2D eigenvalue weighted by Crippen LogP contribution is 2.18. The van der Waals surface area contributed by atoms with Crippen LogP contribution in [0.2, 0.25) is 0 Å². The van der Waals surface area contributed by atoms with E-state index in [4.69, 9.17) is 8.94 Å². The number of hydrogen-bond donors (Lipinski definition) is 2. The van der Waals surface area contributed by atoms with Gasteiger partial charge in [-0.3, -0.25) is 4.79 Å². The van der Waals surface area contributed by atoms with Gasteiger partial charge in [0.15, 0.2) is 5.76 Å². The van der Waals surface area contributed by atoms with Gasteiger partial charge in [0.1, 0.15) is 0 Å². The zero-order valence-corrected chi connectivity index (χ0v) is 14.3. The molecule has 0 fully saturated rings. The number of carbonyl (C=O) groups excluding carboxylic acids is 1. The first-order chi connectivity index (χ1) is 13.3. The summed E-state index contributed by atoms with van der Waals surface area (Å²) in [5.41, 5.74) is 2.57. The first-order valence-electron chi connectivity index (χ1n) is 8.35. The zero-order chi connectivity index (χ0) is 18.5. The van der Waals surface area contributed by atoms with Crippen molar-refractivity contribution in [3.63, 3.8) is 0 Å². The van der Waals surface area contributed by atoms with E-state index in [1.807, 2.05) is 54.6 Å². The second kappa shape index (κ2) is 7.57. The molecular formula is C20H16N4O3. The van der Waals surface area contributed by atoms with E-state index in [-0.39, 0.29) is 11.7 Å². The van der Waals surface area contributed by atoms with Crippen LogP contribution in [0, 0.1) is 0 Å². The number of furan rings is 1. The molecule has 1 amide bonds. The molecule has 7 nitrogen and oxygen atoms in total. The summed E-state index contributed by atoms with van der Waals surface area (Å²) in [5, 5.41) is 9.82. The Bertz CT molecular complexity index is 1010. The standard InChI is InChI=1S/C20H16N4O3/c25-18(17-7-4-12-26-17)22-16-10-8-14(9-11-16)13-21-20-23-19(27-24-20)15-5-2-1-3-6-15/h1-12H,13H2,(H,21,24)(H,22,25). The highest BCUT2D eigenvalue weighted by molar-refractivity contribution is 6.02. The normalized spacial score (nSPS) is 10.5. The molecule has 0 spiro atoms. The van der Waals surface area contributed by atoms with Crippen LogP contribution in [0.3, 0.4) is 0 Å². The number of nitrogens with one attached hydrogen (secondary N) is 2. The summed E-state index contributed by atoms with van der Waals surface area (Å²) in [7, 11) is 0. The molecule has 2 aromatic heterocycles. The Morgan fingerprint density at radius 2 is 1.78 bits per heavy atom. The zero-order valence-electron chi connectivity index (χ0n) is 14.3. The van der Waals surface area contributed by atoms with E-state index in [9.17, 15) is 4.79 Å². The summed E-state index contributed by atoms with van der Waals surface area (Å²) in [6, 6.07) is 20.3. The predicted octanol–water partition coefficient (Wildman–Crippen LogP) is 4.19. The minimum atomic E-state index is -0.286. The van der Waals surface area contributed by atoms with Crippen molar-refractivity contribution >= 4 is 17.5 Å². The van der Waals surface area contributed by atoms with Crippen LogP contribution in [-0.4, -0.2) is 16.0 Å². The number of amides is 1. The van der Waals surface area contributed by atoms with Gasteiger partial charge in [0.05, 0.1) is 6.26 Å². The molecule has 0 aliphatic carbocycles. The number of carbonyl (C=O) groups is 1. The molecule has 2 heterocycles. The lowest BCUT2D eigenvalue weighted by Crippen LogP contribution is -2.10. The Balaban J connectivity index is 1.34. The molecule has 0 aliphatic heterocycles. The summed E-state index contributed by atoms with van der Waals surface area (Å²) >= 11 is 0. The lowest BCUT2D eigenvalue weighted by Gasteiger charge is -2.05. The molecule has 0 saturated carbocycles. The number of aromatic nitrogens is 2. The first kappa shape index (κ1) is 16.6. The van der Waals surface area contributed by atoms with Crippen LogP contribution in [0.1, 0.15) is 16.1 Å². The van der Waals surface area contributed by atoms with Gasteiger partial charge >= 0.3 is 0 Å². The average Bonchev–Trinajstić information content (AvgIpc) is 3.40. The molecule has 0 saturated heterocycles. The molecule has 7 heteroatoms. The van der Waals surface area contributed by atoms with Crippen LogP contribution < -0.4 is 10.6 Å². The molecule has 0 aliphatic rings. The van der Waals surface area contributed by atoms with Crippen molar-refractivity contribution in [2.75, 3.05) is 10.6 Å². The number of anilines is 2. The third-order valence-corrected chi connectivity index (χ3v) is 3.85. The first-order valence-corrected chi connectivity index (χ1v) is 8.35. The topological polar surface area (TPSA) is 93.2 Å². The number of rotatable bonds is 6. The van der Waals surface area contributed by atoms with Crippen LogP contribution >= 0.6 is 0 Å². The van der Waals surface area contributed by atoms with Gasteiger partial charge in [0.2, 0.25) is 0 Å². The molecule has 2 N–H and O–H groups in total. The molecule has 4 aromatic rings. The lowest BCUT2D eigenvalue weighted by atomic mass is 10.2. The molecule has 2 aromatic carbocycles. The van der Waals surface area contributed by atoms with Crippen molar-refractivity contribution in [2.45, 2.75) is 6.54 Å². The van der Waals surface area contributed by atoms with Crippen LogP contribution in [0.15, 0.2) is 81.9 Å². The van der Waals surface area contributed by atoms with Gasteiger partial charge in [-0.1, -0.05) is 30.3 Å². The maximum absolute atomic E-state index is 11.9. The summed E-state index contributed by atoms with van der Waals surface area (Å²) in [4.78, 5) is 16.3. The summed E-state index contributed by atoms with van der Waals surface area (Å²) in [6.45, 7) is 0.528. The van der Waals surface area contributed by atoms with Crippen molar-refractivity contribution in [2.24, 2.45) is 0 Å². The Labute approximate surface area is 155 Å². The van der Waals surface area contributed by atoms with Crippen LogP contribution in [0.25, 0.3) is 11.5 Å². The molecule has 0 bridgehead atoms. The lowest BCUT2D eigenvalue weighted by molar-refractivity contribution is 0.0996. The minimum Gasteiger partial charge on any atom is -0.459 e. The van der Waals surface area contributed by atoms with Gasteiger partial charge < -0.3 is 19.6 Å². The molecule has 0 unspecified atom stereocenters. The van der Waals surface area contributed by atoms with Gasteiger partial charge in [-0.05, 0) is 47.1 Å². The van der Waals surface area contributed by atoms with Gasteiger partial charge in [0.25, 0.3) is 17.7 Å². The van der Waals surface area contributed by atoms with E-state index < -0.39 is 0 Å². The molecule has 0 radical (unpaired) electrons. The van der Waals surface area contributed by atoms with Gasteiger partial charge in [-0.15, -0.1) is 0 Å². The van der Waals surface area contributed by atoms with Gasteiger partial charge in [0, 0.05) is 17.8 Å². The highest BCUT2D eigenvalue weighted by atomic mass is 16.5. The Hall–Kier alpha value is -3.87. The van der Waals surface area contributed by atoms with Crippen LogP contribution in [0.4, 0.5) is 11.6 Å². The van der Waals surface area contributed by atoms with Crippen LogP contribution in [-0.2, 0) is 6.54 Å². The molecule has 0 atom stereocenters. The Morgan fingerprint density at radius 1 is 0.963 bits per heavy atom. The number of hydrogen-bond acceptors (Lipinski definition) is 6. The average molecular weight is 360 g/mol. The van der Waals surface area contributed by atoms with Crippen molar-refractivity contribution in [1.29, 1.82) is 0 Å². The second-order valence-corrected chi connectivity index (χ2v) is 5.77. The van der Waals surface area contributed by atoms with E-state index in [0.29, 0.717) is 24.1 Å². The second-order valence-electron chi connectivity index (χ2n) is 5.77. The maximum atomic E-state index is 11.9. The highest BCUT2D eigenvalue weighted by Gasteiger charge is 2.09. The maximum Gasteiger partial charge on any atom is 0.291 e. The predicted molar refractivity (Wildman–Crippen MR) is 100 cm³/mol. The SMILES string of the molecule is O=C(Nc1ccc(CNc2noc(-c3ccccc3)n2)cc1)c1ccco1. The van der Waals surface area contributed by atoms with E-state index in [1.54, 1.807) is 12.1 Å². The van der Waals surface area contributed by atoms with E-state index in [0.717, 1.165) is 11.1 Å². The molecule has 27 heavy (non-hydrogen) atoms. The molecule has 134 valence electrons. The van der Waals surface area contributed by atoms with E-state index >= 15 is 0 Å². The fourth-order valence-electron chi connectivity index (χ4n) is 2.48. The molecule has 4 rings (SSSR count). The Morgan fingerprint density at radius 3 is 2.52 bits per heavy atom. The van der Waals surface area contributed by atoms with Gasteiger partial charge in [-0.2, -0.15) is 4.98 Å². The van der Waals surface area contributed by atoms with Crippen molar-refractivity contribution in [3.8, 4) is 11.5 Å². The van der Waals surface area contributed by atoms with Gasteiger partial charge in [-0.25, -0.2) is 0 Å².